The molecule has 1 N–H and O–H groups in total. The number of Topliss-reactive ketones (excluding diaryl/α,β-unsaturated/α-hetero) is 1. The van der Waals surface area contributed by atoms with E-state index < -0.39 is 11.6 Å². The van der Waals surface area contributed by atoms with Crippen LogP contribution >= 0.6 is 0 Å². The van der Waals surface area contributed by atoms with Gasteiger partial charge in [0.1, 0.15) is 5.54 Å². The number of urea groups is 1. The zero-order valence-corrected chi connectivity index (χ0v) is 19.1. The van der Waals surface area contributed by atoms with Gasteiger partial charge in [0.2, 0.25) is 0 Å². The normalized spacial score (nSPS) is 19.7. The molecule has 1 spiro atoms. The van der Waals surface area contributed by atoms with Gasteiger partial charge in [-0.15, -0.1) is 0 Å². The standard InChI is InChI=1S/C27H27N3O3/c1-17-8-4-7-11-23(17)30-18(2)14-22(19(30)3)24(31)16-29-25(32)27(28-26(29)33)13-12-20-9-5-6-10-21(20)15-27/h4-11,14H,12-13,15-16H2,1-3H3,(H,28,33). The minimum Gasteiger partial charge on any atom is -0.323 e. The monoisotopic (exact) mass is 441 g/mol. The highest BCUT2D eigenvalue weighted by Crippen LogP contribution is 2.34. The van der Waals surface area contributed by atoms with Gasteiger partial charge in [-0.25, -0.2) is 4.79 Å². The van der Waals surface area contributed by atoms with Gasteiger partial charge in [0, 0.05) is 29.1 Å². The van der Waals surface area contributed by atoms with Gasteiger partial charge >= 0.3 is 6.03 Å². The van der Waals surface area contributed by atoms with Crippen molar-refractivity contribution >= 4 is 17.7 Å². The molecule has 33 heavy (non-hydrogen) atoms. The topological polar surface area (TPSA) is 71.4 Å². The number of amides is 3. The zero-order chi connectivity index (χ0) is 23.3. The number of nitrogens with one attached hydrogen (secondary N) is 1. The molecule has 6 heteroatoms. The first kappa shape index (κ1) is 21.2. The number of para-hydroxylation sites is 1. The number of fused-ring (bicyclic) bond motifs is 1. The number of rotatable bonds is 4. The van der Waals surface area contributed by atoms with Crippen LogP contribution in [0.1, 0.15) is 44.9 Å². The first-order valence-corrected chi connectivity index (χ1v) is 11.3. The zero-order valence-electron chi connectivity index (χ0n) is 19.1. The molecule has 0 bridgehead atoms. The van der Waals surface area contributed by atoms with Crippen molar-refractivity contribution in [1.82, 2.24) is 14.8 Å². The Morgan fingerprint density at radius 1 is 1.00 bits per heavy atom. The molecule has 1 aromatic heterocycles. The van der Waals surface area contributed by atoms with E-state index in [1.807, 2.05) is 73.9 Å². The highest BCUT2D eigenvalue weighted by Gasteiger charge is 2.52. The van der Waals surface area contributed by atoms with Gasteiger partial charge in [0.15, 0.2) is 5.78 Å². The lowest BCUT2D eigenvalue weighted by molar-refractivity contribution is -0.131. The predicted octanol–water partition coefficient (Wildman–Crippen LogP) is 4.06. The number of nitrogens with zero attached hydrogens (tertiary/aromatic N) is 2. The number of carbonyl (C=O) groups is 3. The average molecular weight is 442 g/mol. The number of carbonyl (C=O) groups excluding carboxylic acids is 3. The van der Waals surface area contributed by atoms with Crippen LogP contribution in [-0.2, 0) is 17.6 Å². The summed E-state index contributed by atoms with van der Waals surface area (Å²) in [7, 11) is 0. The maximum atomic E-state index is 13.4. The molecule has 0 saturated carbocycles. The molecule has 3 amide bonds. The summed E-state index contributed by atoms with van der Waals surface area (Å²) in [6.07, 6.45) is 1.73. The second-order valence-electron chi connectivity index (χ2n) is 9.18. The van der Waals surface area contributed by atoms with Crippen molar-refractivity contribution in [1.29, 1.82) is 0 Å². The highest BCUT2D eigenvalue weighted by molar-refractivity contribution is 6.11. The SMILES string of the molecule is Cc1ccccc1-n1c(C)cc(C(=O)CN2C(=O)NC3(CCc4ccccc4C3)C2=O)c1C. The number of imide groups is 1. The molecule has 0 radical (unpaired) electrons. The fraction of sp³-hybridized carbons (Fsp3) is 0.296. The molecule has 1 fully saturated rings. The fourth-order valence-electron chi connectivity index (χ4n) is 5.30. The third-order valence-corrected chi connectivity index (χ3v) is 7.07. The first-order valence-electron chi connectivity index (χ1n) is 11.3. The molecule has 3 aromatic rings. The molecule has 6 nitrogen and oxygen atoms in total. The van der Waals surface area contributed by atoms with Gasteiger partial charge in [-0.05, 0) is 62.4 Å². The number of aryl methyl sites for hydroxylation is 3. The van der Waals surface area contributed by atoms with Crippen molar-refractivity contribution in [3.63, 3.8) is 0 Å². The first-order chi connectivity index (χ1) is 15.8. The van der Waals surface area contributed by atoms with E-state index in [1.54, 1.807) is 0 Å². The predicted molar refractivity (Wildman–Crippen MR) is 126 cm³/mol. The number of ketones is 1. The summed E-state index contributed by atoms with van der Waals surface area (Å²) in [6, 6.07) is 17.4. The van der Waals surface area contributed by atoms with Crippen molar-refractivity contribution in [2.24, 2.45) is 0 Å². The van der Waals surface area contributed by atoms with Crippen LogP contribution in [-0.4, -0.2) is 39.3 Å². The molecule has 2 heterocycles. The fourth-order valence-corrected chi connectivity index (χ4v) is 5.30. The van der Waals surface area contributed by atoms with Gasteiger partial charge < -0.3 is 9.88 Å². The lowest BCUT2D eigenvalue weighted by atomic mass is 9.78. The average Bonchev–Trinajstić information content (AvgIpc) is 3.21. The molecule has 168 valence electrons. The Labute approximate surface area is 193 Å². The molecule has 2 aliphatic rings. The van der Waals surface area contributed by atoms with Gasteiger partial charge in [0.25, 0.3) is 5.91 Å². The Balaban J connectivity index is 1.40. The van der Waals surface area contributed by atoms with Crippen LogP contribution in [0.25, 0.3) is 5.69 Å². The van der Waals surface area contributed by atoms with Crippen LogP contribution in [0.4, 0.5) is 4.79 Å². The van der Waals surface area contributed by atoms with Crippen molar-refractivity contribution in [2.45, 2.75) is 45.6 Å². The smallest absolute Gasteiger partial charge is 0.323 e. The molecule has 1 saturated heterocycles. The van der Waals surface area contributed by atoms with Crippen molar-refractivity contribution in [3.05, 3.63) is 88.2 Å². The third kappa shape index (κ3) is 3.37. The second kappa shape index (κ2) is 7.73. The van der Waals surface area contributed by atoms with E-state index in [9.17, 15) is 14.4 Å². The largest absolute Gasteiger partial charge is 0.325 e. The molecular weight excluding hydrogens is 414 g/mol. The summed E-state index contributed by atoms with van der Waals surface area (Å²) >= 11 is 0. The summed E-state index contributed by atoms with van der Waals surface area (Å²) in [5, 5.41) is 2.91. The van der Waals surface area contributed by atoms with Gasteiger partial charge in [-0.3, -0.25) is 14.5 Å². The van der Waals surface area contributed by atoms with Crippen LogP contribution < -0.4 is 5.32 Å². The van der Waals surface area contributed by atoms with E-state index in [1.165, 1.54) is 5.56 Å². The second-order valence-corrected chi connectivity index (χ2v) is 9.18. The molecule has 2 aromatic carbocycles. The van der Waals surface area contributed by atoms with Crippen LogP contribution in [0.5, 0.6) is 0 Å². The summed E-state index contributed by atoms with van der Waals surface area (Å²) in [6.45, 7) is 5.63. The van der Waals surface area contributed by atoms with Crippen LogP contribution in [0.15, 0.2) is 54.6 Å². The van der Waals surface area contributed by atoms with E-state index in [-0.39, 0.29) is 18.2 Å². The van der Waals surface area contributed by atoms with Gasteiger partial charge in [0.05, 0.1) is 6.54 Å². The molecule has 1 aliphatic carbocycles. The minimum absolute atomic E-state index is 0.236. The summed E-state index contributed by atoms with van der Waals surface area (Å²) in [5.74, 6) is -0.539. The number of benzene rings is 2. The molecule has 1 atom stereocenters. The Hall–Kier alpha value is -3.67. The Morgan fingerprint density at radius 3 is 2.45 bits per heavy atom. The van der Waals surface area contributed by atoms with Crippen LogP contribution in [0.2, 0.25) is 0 Å². The maximum Gasteiger partial charge on any atom is 0.325 e. The Morgan fingerprint density at radius 2 is 1.70 bits per heavy atom. The van der Waals surface area contributed by atoms with E-state index in [4.69, 9.17) is 0 Å². The van der Waals surface area contributed by atoms with E-state index in [0.717, 1.165) is 39.5 Å². The molecular formula is C27H27N3O3. The lowest BCUT2D eigenvalue weighted by Gasteiger charge is -2.32. The van der Waals surface area contributed by atoms with E-state index >= 15 is 0 Å². The van der Waals surface area contributed by atoms with Crippen molar-refractivity contribution in [2.75, 3.05) is 6.54 Å². The lowest BCUT2D eigenvalue weighted by Crippen LogP contribution is -2.51. The Bertz CT molecular complexity index is 1310. The summed E-state index contributed by atoms with van der Waals surface area (Å²) < 4.78 is 2.05. The minimum atomic E-state index is -0.955. The number of hydrogen-bond acceptors (Lipinski definition) is 3. The molecule has 5 rings (SSSR count). The van der Waals surface area contributed by atoms with E-state index in [0.29, 0.717) is 18.4 Å². The molecule has 1 unspecified atom stereocenters. The number of hydrogen-bond donors (Lipinski definition) is 1. The van der Waals surface area contributed by atoms with Gasteiger partial charge in [-0.1, -0.05) is 42.5 Å². The van der Waals surface area contributed by atoms with Gasteiger partial charge in [-0.2, -0.15) is 0 Å². The summed E-state index contributed by atoms with van der Waals surface area (Å²) in [4.78, 5) is 40.5. The quantitative estimate of drug-likeness (QED) is 0.490. The maximum absolute atomic E-state index is 13.4. The third-order valence-electron chi connectivity index (χ3n) is 7.07. The van der Waals surface area contributed by atoms with Crippen molar-refractivity contribution in [3.8, 4) is 5.69 Å². The van der Waals surface area contributed by atoms with E-state index in [2.05, 4.69) is 11.4 Å². The number of aromatic nitrogens is 1. The Kier molecular flexibility index (Phi) is 4.96. The van der Waals surface area contributed by atoms with Crippen LogP contribution in [0.3, 0.4) is 0 Å². The summed E-state index contributed by atoms with van der Waals surface area (Å²) in [5.41, 5.74) is 5.72. The highest BCUT2D eigenvalue weighted by atomic mass is 16.2. The molecule has 1 aliphatic heterocycles. The van der Waals surface area contributed by atoms with Crippen molar-refractivity contribution < 1.29 is 14.4 Å². The van der Waals surface area contributed by atoms with Crippen LogP contribution in [0, 0.1) is 20.8 Å².